The van der Waals surface area contributed by atoms with Crippen molar-refractivity contribution in [1.29, 1.82) is 0 Å². The monoisotopic (exact) mass is 644 g/mol. The van der Waals surface area contributed by atoms with Crippen LogP contribution in [0.4, 0.5) is 11.4 Å². The third-order valence-electron chi connectivity index (χ3n) is 9.67. The number of imide groups is 2. The number of nitrogens with zero attached hydrogens (tertiary/aromatic N) is 4. The van der Waals surface area contributed by atoms with Gasteiger partial charge in [-0.05, 0) is 73.2 Å². The van der Waals surface area contributed by atoms with Crippen molar-refractivity contribution in [2.75, 3.05) is 23.1 Å². The topological polar surface area (TPSA) is 81.2 Å². The first kappa shape index (κ1) is 32.9. The van der Waals surface area contributed by atoms with E-state index in [1.165, 1.54) is 10.0 Å². The van der Waals surface area contributed by atoms with Gasteiger partial charge in [0, 0.05) is 23.9 Å². The van der Waals surface area contributed by atoms with Crippen molar-refractivity contribution in [1.82, 2.24) is 10.0 Å². The summed E-state index contributed by atoms with van der Waals surface area (Å²) >= 11 is 0. The molecule has 2 aliphatic rings. The molecule has 0 saturated heterocycles. The highest BCUT2D eigenvalue weighted by atomic mass is 16.2. The molecule has 6 rings (SSSR count). The summed E-state index contributed by atoms with van der Waals surface area (Å²) in [7, 11) is 0. The Hall–Kier alpha value is -4.98. The molecule has 8 heteroatoms. The van der Waals surface area contributed by atoms with Crippen LogP contribution in [-0.2, 0) is 0 Å². The Bertz CT molecular complexity index is 1640. The summed E-state index contributed by atoms with van der Waals surface area (Å²) in [5.74, 6) is -1.05. The predicted molar refractivity (Wildman–Crippen MR) is 190 cm³/mol. The van der Waals surface area contributed by atoms with Crippen LogP contribution in [-0.4, -0.2) is 46.7 Å². The number of amides is 4. The maximum atomic E-state index is 14.3. The molecule has 2 aliphatic heterocycles. The average Bonchev–Trinajstić information content (AvgIpc) is 3.10. The molecule has 0 radical (unpaired) electrons. The van der Waals surface area contributed by atoms with Gasteiger partial charge in [0.1, 0.15) is 0 Å². The van der Waals surface area contributed by atoms with E-state index >= 15 is 0 Å². The molecule has 2 heterocycles. The molecule has 0 spiro atoms. The molecule has 0 N–H and O–H groups in total. The van der Waals surface area contributed by atoms with E-state index in [-0.39, 0.29) is 0 Å². The quantitative estimate of drug-likeness (QED) is 0.128. The van der Waals surface area contributed by atoms with E-state index < -0.39 is 23.6 Å². The second-order valence-corrected chi connectivity index (χ2v) is 13.2. The molecule has 0 aromatic heterocycles. The van der Waals surface area contributed by atoms with Gasteiger partial charge in [-0.15, -0.1) is 0 Å². The predicted octanol–water partition coefficient (Wildman–Crippen LogP) is 8.53. The lowest BCUT2D eigenvalue weighted by molar-refractivity contribution is 0.0565. The Balaban J connectivity index is 1.40. The fraction of sp³-hybridized carbons (Fsp3) is 0.350. The smallest absolute Gasteiger partial charge is 0.275 e. The van der Waals surface area contributed by atoms with Crippen molar-refractivity contribution in [3.63, 3.8) is 0 Å². The molecule has 0 bridgehead atoms. The van der Waals surface area contributed by atoms with Gasteiger partial charge in [-0.3, -0.25) is 29.2 Å². The van der Waals surface area contributed by atoms with Gasteiger partial charge in [0.25, 0.3) is 23.6 Å². The molecule has 2 atom stereocenters. The molecule has 0 fully saturated rings. The molecule has 0 aliphatic carbocycles. The van der Waals surface area contributed by atoms with Crippen molar-refractivity contribution in [3.8, 4) is 0 Å². The van der Waals surface area contributed by atoms with E-state index in [9.17, 15) is 19.2 Å². The van der Waals surface area contributed by atoms with Crippen LogP contribution < -0.4 is 10.0 Å². The van der Waals surface area contributed by atoms with Gasteiger partial charge in [0.05, 0.1) is 33.6 Å². The van der Waals surface area contributed by atoms with Crippen LogP contribution in [0, 0.1) is 11.8 Å². The highest BCUT2D eigenvalue weighted by Gasteiger charge is 2.43. The largest absolute Gasteiger partial charge is 0.280 e. The van der Waals surface area contributed by atoms with Crippen LogP contribution in [0.25, 0.3) is 10.8 Å². The Morgan fingerprint density at radius 3 is 1.08 bits per heavy atom. The van der Waals surface area contributed by atoms with E-state index in [1.54, 1.807) is 34.3 Å². The molecule has 4 aromatic carbocycles. The van der Waals surface area contributed by atoms with Gasteiger partial charge in [0.15, 0.2) is 0 Å². The summed E-state index contributed by atoms with van der Waals surface area (Å²) in [5, 5.41) is 6.76. The number of carbonyl (C=O) groups excluding carboxylic acids is 4. The lowest BCUT2D eigenvalue weighted by atomic mass is 9.86. The van der Waals surface area contributed by atoms with E-state index in [4.69, 9.17) is 0 Å². The van der Waals surface area contributed by atoms with Crippen LogP contribution in [0.3, 0.4) is 0 Å². The normalized spacial score (nSPS) is 15.2. The first-order valence-corrected chi connectivity index (χ1v) is 17.3. The zero-order chi connectivity index (χ0) is 33.9. The summed E-state index contributed by atoms with van der Waals surface area (Å²) in [5.41, 5.74) is 2.69. The minimum absolute atomic E-state index is 0.301. The third kappa shape index (κ3) is 5.96. The molecular formula is C40H44N4O4. The highest BCUT2D eigenvalue weighted by molar-refractivity contribution is 6.33. The molecule has 2 unspecified atom stereocenters. The van der Waals surface area contributed by atoms with E-state index in [1.807, 2.05) is 60.7 Å². The second kappa shape index (κ2) is 14.0. The number of para-hydroxylation sites is 2. The number of carbonyl (C=O) groups is 4. The van der Waals surface area contributed by atoms with Crippen LogP contribution in [0.2, 0.25) is 0 Å². The van der Waals surface area contributed by atoms with Crippen molar-refractivity contribution >= 4 is 45.8 Å². The second-order valence-electron chi connectivity index (χ2n) is 13.2. The van der Waals surface area contributed by atoms with Crippen LogP contribution in [0.15, 0.2) is 84.9 Å². The van der Waals surface area contributed by atoms with Crippen molar-refractivity contribution in [3.05, 3.63) is 107 Å². The summed E-state index contributed by atoms with van der Waals surface area (Å²) in [6.45, 7) is 9.64. The summed E-state index contributed by atoms with van der Waals surface area (Å²) in [6, 6.07) is 25.5. The lowest BCUT2D eigenvalue weighted by Crippen LogP contribution is -2.54. The van der Waals surface area contributed by atoms with Crippen molar-refractivity contribution in [2.45, 2.75) is 66.2 Å². The SMILES string of the molecule is CCCC(C)CCN(c1ccccc1)N1C(=O)c2ccc3c4c(ccc(c24)C1=O)C(=O)N(N(CCC(C)CCC)c1ccccc1)C3=O. The number of hydrogen-bond acceptors (Lipinski definition) is 6. The number of anilines is 2. The zero-order valence-corrected chi connectivity index (χ0v) is 28.3. The van der Waals surface area contributed by atoms with Crippen LogP contribution in [0.5, 0.6) is 0 Å². The summed E-state index contributed by atoms with van der Waals surface area (Å²) < 4.78 is 0. The van der Waals surface area contributed by atoms with E-state index in [0.29, 0.717) is 58.0 Å². The lowest BCUT2D eigenvalue weighted by Gasteiger charge is -2.40. The molecule has 48 heavy (non-hydrogen) atoms. The molecular weight excluding hydrogens is 600 g/mol. The van der Waals surface area contributed by atoms with Crippen LogP contribution >= 0.6 is 0 Å². The number of hydrazine groups is 2. The fourth-order valence-corrected chi connectivity index (χ4v) is 7.14. The minimum Gasteiger partial charge on any atom is -0.275 e. The standard InChI is InChI=1S/C40H44N4O4/c1-5-13-27(3)23-25-41(29-15-9-7-10-16-29)43-37(45)31-19-21-33-36-34(22-20-32(35(31)36)38(43)46)40(48)44(39(33)47)42(26-24-28(4)14-6-2)30-17-11-8-12-18-30/h7-12,15-22,27-28H,5-6,13-14,23-26H2,1-4H3. The molecule has 248 valence electrons. The average molecular weight is 645 g/mol. The number of hydrogen-bond donors (Lipinski definition) is 0. The summed E-state index contributed by atoms with van der Waals surface area (Å²) in [4.78, 5) is 57.3. The van der Waals surface area contributed by atoms with E-state index in [0.717, 1.165) is 49.9 Å². The van der Waals surface area contributed by atoms with Crippen LogP contribution in [0.1, 0.15) is 108 Å². The van der Waals surface area contributed by atoms with Gasteiger partial charge < -0.3 is 0 Å². The Labute approximate surface area is 282 Å². The Morgan fingerprint density at radius 1 is 0.479 bits per heavy atom. The third-order valence-corrected chi connectivity index (χ3v) is 9.67. The number of rotatable bonds is 14. The molecule has 4 amide bonds. The fourth-order valence-electron chi connectivity index (χ4n) is 7.14. The molecule has 0 saturated carbocycles. The molecule has 4 aromatic rings. The number of benzene rings is 4. The minimum atomic E-state index is -0.471. The first-order valence-electron chi connectivity index (χ1n) is 17.3. The van der Waals surface area contributed by atoms with Gasteiger partial charge in [-0.25, -0.2) is 0 Å². The first-order chi connectivity index (χ1) is 23.3. The maximum absolute atomic E-state index is 14.3. The Morgan fingerprint density at radius 2 is 0.792 bits per heavy atom. The molecule has 8 nitrogen and oxygen atoms in total. The van der Waals surface area contributed by atoms with Crippen molar-refractivity contribution in [2.24, 2.45) is 11.8 Å². The van der Waals surface area contributed by atoms with Crippen molar-refractivity contribution < 1.29 is 19.2 Å². The maximum Gasteiger partial charge on any atom is 0.280 e. The van der Waals surface area contributed by atoms with Gasteiger partial charge >= 0.3 is 0 Å². The summed E-state index contributed by atoms with van der Waals surface area (Å²) in [6.07, 6.45) is 5.82. The zero-order valence-electron chi connectivity index (χ0n) is 28.3. The highest BCUT2D eigenvalue weighted by Crippen LogP contribution is 2.40. The van der Waals surface area contributed by atoms with Gasteiger partial charge in [0.2, 0.25) is 0 Å². The van der Waals surface area contributed by atoms with E-state index in [2.05, 4.69) is 27.7 Å². The van der Waals surface area contributed by atoms with Gasteiger partial charge in [-0.2, -0.15) is 10.0 Å². The van der Waals surface area contributed by atoms with Gasteiger partial charge in [-0.1, -0.05) is 89.8 Å². The Kier molecular flexibility index (Phi) is 9.62.